The topological polar surface area (TPSA) is 38.9 Å². The molecular formula is C14H24ClN5. The molecule has 0 amide bonds. The Labute approximate surface area is 125 Å². The van der Waals surface area contributed by atoms with E-state index in [1.165, 1.54) is 0 Å². The number of hydrogen-bond acceptors (Lipinski definition) is 3. The van der Waals surface area contributed by atoms with Crippen LogP contribution >= 0.6 is 11.6 Å². The van der Waals surface area contributed by atoms with E-state index >= 15 is 0 Å². The van der Waals surface area contributed by atoms with Gasteiger partial charge in [0.2, 0.25) is 0 Å². The normalized spacial score (nSPS) is 13.6. The van der Waals surface area contributed by atoms with Gasteiger partial charge in [-0.15, -0.1) is 11.6 Å². The quantitative estimate of drug-likeness (QED) is 0.768. The van der Waals surface area contributed by atoms with Gasteiger partial charge in [0.15, 0.2) is 5.65 Å². The van der Waals surface area contributed by atoms with Crippen molar-refractivity contribution in [1.29, 1.82) is 0 Å². The maximum atomic E-state index is 5.93. The first kappa shape index (κ1) is 15.3. The SMILES string of the molecule is CCn1nc(C)c2nc(CCCl)n(CC(C)N(C)C)c21. The average molecular weight is 298 g/mol. The Balaban J connectivity index is 2.54. The fourth-order valence-electron chi connectivity index (χ4n) is 2.38. The Hall–Kier alpha value is -1.07. The maximum absolute atomic E-state index is 5.93. The minimum absolute atomic E-state index is 0.432. The lowest BCUT2D eigenvalue weighted by Gasteiger charge is -2.21. The van der Waals surface area contributed by atoms with Crippen LogP contribution in [0.15, 0.2) is 0 Å². The van der Waals surface area contributed by atoms with Crippen LogP contribution < -0.4 is 0 Å². The van der Waals surface area contributed by atoms with Gasteiger partial charge in [-0.3, -0.25) is 0 Å². The second-order valence-electron chi connectivity index (χ2n) is 5.46. The summed E-state index contributed by atoms with van der Waals surface area (Å²) in [7, 11) is 4.20. The third kappa shape index (κ3) is 2.69. The average Bonchev–Trinajstić information content (AvgIpc) is 2.89. The summed E-state index contributed by atoms with van der Waals surface area (Å²) in [5.74, 6) is 1.65. The van der Waals surface area contributed by atoms with Crippen LogP contribution in [0.25, 0.3) is 11.2 Å². The molecule has 0 fully saturated rings. The molecule has 0 aliphatic rings. The molecule has 5 nitrogen and oxygen atoms in total. The van der Waals surface area contributed by atoms with Crippen molar-refractivity contribution in [2.24, 2.45) is 0 Å². The van der Waals surface area contributed by atoms with Crippen molar-refractivity contribution in [3.8, 4) is 0 Å². The van der Waals surface area contributed by atoms with Crippen molar-refractivity contribution >= 4 is 22.8 Å². The first-order valence-electron chi connectivity index (χ1n) is 7.14. The van der Waals surface area contributed by atoms with E-state index in [0.29, 0.717) is 11.9 Å². The Morgan fingerprint density at radius 3 is 2.60 bits per heavy atom. The van der Waals surface area contributed by atoms with Crippen molar-refractivity contribution in [3.05, 3.63) is 11.5 Å². The third-order valence-electron chi connectivity index (χ3n) is 3.82. The van der Waals surface area contributed by atoms with Crippen molar-refractivity contribution in [3.63, 3.8) is 0 Å². The van der Waals surface area contributed by atoms with E-state index in [9.17, 15) is 0 Å². The molecule has 0 bridgehead atoms. The highest BCUT2D eigenvalue weighted by Gasteiger charge is 2.19. The first-order valence-corrected chi connectivity index (χ1v) is 7.67. The van der Waals surface area contributed by atoms with Crippen LogP contribution in [0.1, 0.15) is 25.4 Å². The molecule has 0 aliphatic carbocycles. The number of halogens is 1. The molecule has 2 aromatic rings. The molecule has 1 atom stereocenters. The number of hydrogen-bond donors (Lipinski definition) is 0. The van der Waals surface area contributed by atoms with Gasteiger partial charge in [-0.05, 0) is 34.9 Å². The Kier molecular flexibility index (Phi) is 4.70. The van der Waals surface area contributed by atoms with Gasteiger partial charge in [0, 0.05) is 31.4 Å². The number of alkyl halides is 1. The Bertz CT molecular complexity index is 584. The molecule has 2 rings (SSSR count). The molecule has 0 saturated carbocycles. The molecule has 0 spiro atoms. The summed E-state index contributed by atoms with van der Waals surface area (Å²) in [4.78, 5) is 6.98. The number of rotatable bonds is 6. The molecular weight excluding hydrogens is 274 g/mol. The summed E-state index contributed by atoms with van der Waals surface area (Å²) in [5, 5.41) is 4.57. The van der Waals surface area contributed by atoms with E-state index in [-0.39, 0.29) is 0 Å². The number of fused-ring (bicyclic) bond motifs is 1. The van der Waals surface area contributed by atoms with Gasteiger partial charge in [0.1, 0.15) is 11.3 Å². The minimum Gasteiger partial charge on any atom is -0.311 e. The highest BCUT2D eigenvalue weighted by molar-refractivity contribution is 6.17. The molecule has 0 aliphatic heterocycles. The predicted molar refractivity (Wildman–Crippen MR) is 83.5 cm³/mol. The van der Waals surface area contributed by atoms with Crippen LogP contribution in [0, 0.1) is 6.92 Å². The lowest BCUT2D eigenvalue weighted by molar-refractivity contribution is 0.283. The minimum atomic E-state index is 0.432. The maximum Gasteiger partial charge on any atom is 0.158 e. The molecule has 0 radical (unpaired) electrons. The highest BCUT2D eigenvalue weighted by atomic mass is 35.5. The van der Waals surface area contributed by atoms with Crippen LogP contribution in [-0.4, -0.2) is 50.2 Å². The fourth-order valence-corrected chi connectivity index (χ4v) is 2.55. The second kappa shape index (κ2) is 6.14. The van der Waals surface area contributed by atoms with Crippen LogP contribution in [0.3, 0.4) is 0 Å². The zero-order valence-electron chi connectivity index (χ0n) is 13.0. The smallest absolute Gasteiger partial charge is 0.158 e. The number of imidazole rings is 1. The van der Waals surface area contributed by atoms with Crippen LogP contribution in [-0.2, 0) is 19.5 Å². The van der Waals surface area contributed by atoms with Crippen molar-refractivity contribution in [1.82, 2.24) is 24.2 Å². The van der Waals surface area contributed by atoms with Crippen LogP contribution in [0.4, 0.5) is 0 Å². The van der Waals surface area contributed by atoms with Crippen LogP contribution in [0.2, 0.25) is 0 Å². The molecule has 0 N–H and O–H groups in total. The largest absolute Gasteiger partial charge is 0.311 e. The molecule has 20 heavy (non-hydrogen) atoms. The molecule has 112 valence electrons. The van der Waals surface area contributed by atoms with Gasteiger partial charge >= 0.3 is 0 Å². The molecule has 0 aromatic carbocycles. The van der Waals surface area contributed by atoms with Crippen molar-refractivity contribution in [2.75, 3.05) is 20.0 Å². The van der Waals surface area contributed by atoms with Gasteiger partial charge in [0.25, 0.3) is 0 Å². The van der Waals surface area contributed by atoms with Gasteiger partial charge < -0.3 is 9.47 Å². The Morgan fingerprint density at radius 2 is 2.05 bits per heavy atom. The molecule has 2 aromatic heterocycles. The van der Waals surface area contributed by atoms with Gasteiger partial charge in [-0.2, -0.15) is 5.10 Å². The summed E-state index contributed by atoms with van der Waals surface area (Å²) in [5.41, 5.74) is 3.13. The highest BCUT2D eigenvalue weighted by Crippen LogP contribution is 2.21. The fraction of sp³-hybridized carbons (Fsp3) is 0.714. The number of aryl methyl sites for hydroxylation is 3. The van der Waals surface area contributed by atoms with Gasteiger partial charge in [-0.1, -0.05) is 0 Å². The van der Waals surface area contributed by atoms with E-state index in [4.69, 9.17) is 16.6 Å². The van der Waals surface area contributed by atoms with E-state index < -0.39 is 0 Å². The number of likely N-dealkylation sites (N-methyl/N-ethyl adjacent to an activating group) is 1. The standard InChI is InChI=1S/C14H24ClN5/c1-6-20-14-13(11(3)17-20)16-12(7-8-15)19(14)9-10(2)18(4)5/h10H,6-9H2,1-5H3. The molecule has 0 saturated heterocycles. The van der Waals surface area contributed by atoms with Crippen molar-refractivity contribution in [2.45, 2.75) is 46.3 Å². The predicted octanol–water partition coefficient (Wildman–Crippen LogP) is 2.29. The lowest BCUT2D eigenvalue weighted by Crippen LogP contribution is -2.30. The summed E-state index contributed by atoms with van der Waals surface area (Å²) in [6.07, 6.45) is 0.791. The zero-order valence-corrected chi connectivity index (χ0v) is 13.8. The zero-order chi connectivity index (χ0) is 14.9. The van der Waals surface area contributed by atoms with Gasteiger partial charge in [-0.25, -0.2) is 9.67 Å². The summed E-state index contributed by atoms with van der Waals surface area (Å²) >= 11 is 5.93. The lowest BCUT2D eigenvalue weighted by atomic mass is 10.3. The third-order valence-corrected chi connectivity index (χ3v) is 4.01. The summed E-state index contributed by atoms with van der Waals surface area (Å²) in [6.45, 7) is 8.11. The van der Waals surface area contributed by atoms with Crippen molar-refractivity contribution < 1.29 is 0 Å². The first-order chi connectivity index (χ1) is 9.49. The Morgan fingerprint density at radius 1 is 1.35 bits per heavy atom. The molecule has 6 heteroatoms. The molecule has 1 unspecified atom stereocenters. The molecule has 2 heterocycles. The summed E-state index contributed by atoms with van der Waals surface area (Å²) < 4.78 is 4.32. The van der Waals surface area contributed by atoms with E-state index in [2.05, 4.69) is 42.5 Å². The van der Waals surface area contributed by atoms with E-state index in [1.807, 2.05) is 11.6 Å². The number of nitrogens with zero attached hydrogens (tertiary/aromatic N) is 5. The second-order valence-corrected chi connectivity index (χ2v) is 5.84. The summed E-state index contributed by atoms with van der Waals surface area (Å²) in [6, 6.07) is 0.432. The van der Waals surface area contributed by atoms with E-state index in [1.54, 1.807) is 0 Å². The van der Waals surface area contributed by atoms with Crippen LogP contribution in [0.5, 0.6) is 0 Å². The van der Waals surface area contributed by atoms with E-state index in [0.717, 1.165) is 42.2 Å². The van der Waals surface area contributed by atoms with Gasteiger partial charge in [0.05, 0.1) is 5.69 Å². The monoisotopic (exact) mass is 297 g/mol. The number of aromatic nitrogens is 4.